The molecule has 1 saturated heterocycles. The van der Waals surface area contributed by atoms with Gasteiger partial charge in [-0.3, -0.25) is 0 Å². The van der Waals surface area contributed by atoms with Crippen LogP contribution in [0.3, 0.4) is 0 Å². The van der Waals surface area contributed by atoms with E-state index in [-0.39, 0.29) is 0 Å². The lowest BCUT2D eigenvalue weighted by atomic mass is 10.1. The van der Waals surface area contributed by atoms with E-state index in [9.17, 15) is 4.57 Å². The van der Waals surface area contributed by atoms with Crippen LogP contribution >= 0.6 is 7.14 Å². The highest BCUT2D eigenvalue weighted by atomic mass is 31.2. The lowest BCUT2D eigenvalue weighted by molar-refractivity contribution is 0.582. The summed E-state index contributed by atoms with van der Waals surface area (Å²) in [5.41, 5.74) is 0. The summed E-state index contributed by atoms with van der Waals surface area (Å²) < 4.78 is 11.4. The van der Waals surface area contributed by atoms with E-state index in [1.165, 1.54) is 0 Å². The van der Waals surface area contributed by atoms with Crippen LogP contribution in [0.5, 0.6) is 0 Å². The van der Waals surface area contributed by atoms with Crippen LogP contribution in [0.25, 0.3) is 0 Å². The summed E-state index contributed by atoms with van der Waals surface area (Å²) in [4.78, 5) is 0. The van der Waals surface area contributed by atoms with Crippen LogP contribution in [0, 0.1) is 17.8 Å². The van der Waals surface area contributed by atoms with Crippen molar-refractivity contribution in [3.8, 4) is 11.8 Å². The highest BCUT2D eigenvalue weighted by Crippen LogP contribution is 2.50. The molecule has 0 aliphatic carbocycles. The van der Waals surface area contributed by atoms with Crippen molar-refractivity contribution in [2.75, 3.05) is 19.0 Å². The van der Waals surface area contributed by atoms with Crippen molar-refractivity contribution in [2.45, 2.75) is 13.3 Å². The molecule has 1 fully saturated rings. The number of rotatable bonds is 0. The maximum atomic E-state index is 11.4. The van der Waals surface area contributed by atoms with Gasteiger partial charge in [0.25, 0.3) is 0 Å². The van der Waals surface area contributed by atoms with Gasteiger partial charge in [-0.1, -0.05) is 5.92 Å². The van der Waals surface area contributed by atoms with Crippen molar-refractivity contribution in [1.29, 1.82) is 0 Å². The summed E-state index contributed by atoms with van der Waals surface area (Å²) in [6, 6.07) is 0. The highest BCUT2D eigenvalue weighted by Gasteiger charge is 2.28. The monoisotopic (exact) mass is 156 g/mol. The molecule has 2 atom stereocenters. The summed E-state index contributed by atoms with van der Waals surface area (Å²) >= 11 is 0. The normalized spacial score (nSPS) is 38.8. The maximum Gasteiger partial charge on any atom is 0.0860 e. The molecule has 0 aromatic rings. The van der Waals surface area contributed by atoms with Crippen molar-refractivity contribution >= 4 is 7.14 Å². The van der Waals surface area contributed by atoms with Crippen LogP contribution in [-0.2, 0) is 4.57 Å². The second kappa shape index (κ2) is 2.81. The molecule has 0 aromatic heterocycles. The maximum absolute atomic E-state index is 11.4. The first-order chi connectivity index (χ1) is 4.64. The van der Waals surface area contributed by atoms with Crippen LogP contribution in [0.4, 0.5) is 0 Å². The summed E-state index contributed by atoms with van der Waals surface area (Å²) in [5.74, 6) is 6.39. The van der Waals surface area contributed by atoms with Gasteiger partial charge in [-0.2, -0.15) is 0 Å². The van der Waals surface area contributed by atoms with Crippen molar-refractivity contribution in [2.24, 2.45) is 5.92 Å². The molecule has 1 aliphatic rings. The first-order valence-corrected chi connectivity index (χ1v) is 6.14. The number of hydrogen-bond donors (Lipinski definition) is 0. The van der Waals surface area contributed by atoms with Crippen LogP contribution < -0.4 is 0 Å². The third-order valence-electron chi connectivity index (χ3n) is 1.91. The molecule has 0 radical (unpaired) electrons. The van der Waals surface area contributed by atoms with Gasteiger partial charge in [0.2, 0.25) is 0 Å². The molecule has 0 bridgehead atoms. The summed E-state index contributed by atoms with van der Waals surface area (Å²) in [6.07, 6.45) is 2.81. The Morgan fingerprint density at radius 1 is 1.60 bits per heavy atom. The van der Waals surface area contributed by atoms with Crippen LogP contribution in [-0.4, -0.2) is 19.0 Å². The van der Waals surface area contributed by atoms with Gasteiger partial charge >= 0.3 is 0 Å². The van der Waals surface area contributed by atoms with E-state index >= 15 is 0 Å². The Morgan fingerprint density at radius 2 is 2.30 bits per heavy atom. The Morgan fingerprint density at radius 3 is 2.70 bits per heavy atom. The number of hydrogen-bond acceptors (Lipinski definition) is 1. The van der Waals surface area contributed by atoms with E-state index in [0.29, 0.717) is 5.92 Å². The van der Waals surface area contributed by atoms with E-state index in [0.717, 1.165) is 18.7 Å². The largest absolute Gasteiger partial charge is 0.324 e. The molecule has 10 heavy (non-hydrogen) atoms. The van der Waals surface area contributed by atoms with E-state index in [1.807, 2.05) is 13.6 Å². The molecule has 2 unspecified atom stereocenters. The Balaban J connectivity index is 2.57. The molecule has 0 saturated carbocycles. The fourth-order valence-electron chi connectivity index (χ4n) is 1.40. The Kier molecular flexibility index (Phi) is 2.21. The molecule has 2 heteroatoms. The van der Waals surface area contributed by atoms with Crippen LogP contribution in [0.1, 0.15) is 13.3 Å². The quantitative estimate of drug-likeness (QED) is 0.387. The molecule has 0 spiro atoms. The fraction of sp³-hybridized carbons (Fsp3) is 0.750. The van der Waals surface area contributed by atoms with Gasteiger partial charge in [0, 0.05) is 18.2 Å². The molecule has 1 aliphatic heterocycles. The summed E-state index contributed by atoms with van der Waals surface area (Å²) in [7, 11) is -1.73. The summed E-state index contributed by atoms with van der Waals surface area (Å²) in [6.45, 7) is 3.74. The highest BCUT2D eigenvalue weighted by molar-refractivity contribution is 7.63. The van der Waals surface area contributed by atoms with Gasteiger partial charge in [0.15, 0.2) is 0 Å². The standard InChI is InChI=1S/C8H13OP/c1-3-4-8-5-6-10(2,9)7-8/h8H,5-7H2,1-2H3. The predicted octanol–water partition coefficient (Wildman–Crippen LogP) is 2.02. The third-order valence-corrected chi connectivity index (χ3v) is 4.32. The molecule has 1 rings (SSSR count). The van der Waals surface area contributed by atoms with Gasteiger partial charge in [-0.25, -0.2) is 0 Å². The van der Waals surface area contributed by atoms with E-state index in [2.05, 4.69) is 11.8 Å². The molecule has 56 valence electrons. The molecule has 0 amide bonds. The van der Waals surface area contributed by atoms with Gasteiger partial charge < -0.3 is 4.57 Å². The minimum absolute atomic E-state index is 0.431. The average molecular weight is 156 g/mol. The first kappa shape index (κ1) is 7.89. The van der Waals surface area contributed by atoms with Crippen molar-refractivity contribution < 1.29 is 4.57 Å². The molecular weight excluding hydrogens is 143 g/mol. The van der Waals surface area contributed by atoms with Crippen molar-refractivity contribution in [1.82, 2.24) is 0 Å². The molecular formula is C8H13OP. The zero-order valence-electron chi connectivity index (χ0n) is 6.55. The predicted molar refractivity (Wildman–Crippen MR) is 44.8 cm³/mol. The van der Waals surface area contributed by atoms with Gasteiger partial charge in [0.05, 0.1) is 7.14 Å². The molecule has 1 heterocycles. The van der Waals surface area contributed by atoms with Crippen molar-refractivity contribution in [3.63, 3.8) is 0 Å². The van der Waals surface area contributed by atoms with Gasteiger partial charge in [-0.15, -0.1) is 5.92 Å². The average Bonchev–Trinajstić information content (AvgIpc) is 2.12. The zero-order chi connectivity index (χ0) is 7.61. The fourth-order valence-corrected chi connectivity index (χ4v) is 3.65. The second-order valence-corrected chi connectivity index (χ2v) is 6.49. The molecule has 0 aromatic carbocycles. The van der Waals surface area contributed by atoms with Crippen molar-refractivity contribution in [3.05, 3.63) is 0 Å². The van der Waals surface area contributed by atoms with E-state index in [4.69, 9.17) is 0 Å². The Bertz CT molecular complexity index is 221. The minimum atomic E-state index is -1.73. The zero-order valence-corrected chi connectivity index (χ0v) is 7.45. The Labute approximate surface area is 62.6 Å². The van der Waals surface area contributed by atoms with Crippen LogP contribution in [0.15, 0.2) is 0 Å². The second-order valence-electron chi connectivity index (χ2n) is 3.08. The SMILES string of the molecule is CC#CC1CCP(C)(=O)C1. The third kappa shape index (κ3) is 1.89. The molecule has 0 N–H and O–H groups in total. The first-order valence-electron chi connectivity index (χ1n) is 3.62. The van der Waals surface area contributed by atoms with E-state index < -0.39 is 7.14 Å². The summed E-state index contributed by atoms with van der Waals surface area (Å²) in [5, 5.41) is 0. The smallest absolute Gasteiger partial charge is 0.0860 e. The lowest BCUT2D eigenvalue weighted by Crippen LogP contribution is -1.92. The van der Waals surface area contributed by atoms with Gasteiger partial charge in [-0.05, 0) is 20.0 Å². The van der Waals surface area contributed by atoms with Crippen LogP contribution in [0.2, 0.25) is 0 Å². The topological polar surface area (TPSA) is 17.1 Å². The lowest BCUT2D eigenvalue weighted by Gasteiger charge is -1.99. The van der Waals surface area contributed by atoms with Gasteiger partial charge in [0.1, 0.15) is 0 Å². The minimum Gasteiger partial charge on any atom is -0.324 e. The molecule has 1 nitrogen and oxygen atoms in total. The Hall–Kier alpha value is -0.210. The van der Waals surface area contributed by atoms with E-state index in [1.54, 1.807) is 0 Å².